The van der Waals surface area contributed by atoms with E-state index in [-0.39, 0.29) is 29.4 Å². The molecule has 1 aliphatic rings. The van der Waals surface area contributed by atoms with Crippen LogP contribution in [0.15, 0.2) is 12.3 Å². The fraction of sp³-hybridized carbons (Fsp3) is 0.611. The first-order valence-electron chi connectivity index (χ1n) is 8.92. The lowest BCUT2D eigenvalue weighted by Gasteiger charge is -2.24. The topological polar surface area (TPSA) is 94.0 Å². The maximum atomic E-state index is 13.0. The van der Waals surface area contributed by atoms with Crippen LogP contribution in [0.2, 0.25) is 0 Å². The largest absolute Gasteiger partial charge is 0.346 e. The summed E-state index contributed by atoms with van der Waals surface area (Å²) in [4.78, 5) is 17.7. The van der Waals surface area contributed by atoms with E-state index in [4.69, 9.17) is 4.98 Å². The van der Waals surface area contributed by atoms with Gasteiger partial charge in [-0.2, -0.15) is 5.10 Å². The summed E-state index contributed by atoms with van der Waals surface area (Å²) in [6.07, 6.45) is 2.09. The fourth-order valence-corrected chi connectivity index (χ4v) is 5.44. The van der Waals surface area contributed by atoms with Crippen molar-refractivity contribution in [3.8, 4) is 0 Å². The van der Waals surface area contributed by atoms with Gasteiger partial charge < -0.3 is 5.32 Å². The van der Waals surface area contributed by atoms with Crippen LogP contribution in [0, 0.1) is 0 Å². The Kier molecular flexibility index (Phi) is 4.58. The van der Waals surface area contributed by atoms with Crippen molar-refractivity contribution in [1.82, 2.24) is 20.1 Å². The van der Waals surface area contributed by atoms with Gasteiger partial charge >= 0.3 is 0 Å². The second-order valence-corrected chi connectivity index (χ2v) is 10.2. The van der Waals surface area contributed by atoms with E-state index in [1.807, 2.05) is 27.7 Å². The first-order chi connectivity index (χ1) is 12.0. The second kappa shape index (κ2) is 6.33. The number of hydrogen-bond acceptors (Lipinski definition) is 5. The average molecular weight is 378 g/mol. The molecular weight excluding hydrogens is 352 g/mol. The van der Waals surface area contributed by atoms with Crippen molar-refractivity contribution in [3.63, 3.8) is 0 Å². The van der Waals surface area contributed by atoms with Crippen molar-refractivity contribution in [2.45, 2.75) is 58.5 Å². The summed E-state index contributed by atoms with van der Waals surface area (Å²) in [5.74, 6) is -0.0357. The molecule has 0 saturated carbocycles. The van der Waals surface area contributed by atoms with E-state index in [0.29, 0.717) is 23.0 Å². The lowest BCUT2D eigenvalue weighted by Crippen LogP contribution is -2.47. The van der Waals surface area contributed by atoms with E-state index < -0.39 is 15.4 Å². The number of carbonyl (C=O) groups excluding carboxylic acids is 1. The highest BCUT2D eigenvalue weighted by atomic mass is 32.2. The Morgan fingerprint density at radius 3 is 2.54 bits per heavy atom. The van der Waals surface area contributed by atoms with Crippen LogP contribution in [0.4, 0.5) is 0 Å². The van der Waals surface area contributed by atoms with Gasteiger partial charge in [-0.15, -0.1) is 0 Å². The molecule has 2 aromatic rings. The predicted molar refractivity (Wildman–Crippen MR) is 101 cm³/mol. The second-order valence-electron chi connectivity index (χ2n) is 8.03. The van der Waals surface area contributed by atoms with Gasteiger partial charge in [-0.05, 0) is 39.2 Å². The zero-order valence-corrected chi connectivity index (χ0v) is 16.7. The summed E-state index contributed by atoms with van der Waals surface area (Å²) >= 11 is 0. The van der Waals surface area contributed by atoms with Gasteiger partial charge in [0.05, 0.1) is 34.2 Å². The predicted octanol–water partition coefficient (Wildman–Crippen LogP) is 2.44. The molecule has 3 heterocycles. The fourth-order valence-electron chi connectivity index (χ4n) is 3.35. The van der Waals surface area contributed by atoms with E-state index in [1.165, 1.54) is 0 Å². The molecule has 1 unspecified atom stereocenters. The molecule has 1 fully saturated rings. The molecule has 26 heavy (non-hydrogen) atoms. The lowest BCUT2D eigenvalue weighted by atomic mass is 10.00. The Bertz CT molecular complexity index is 962. The standard InChI is InChI=1S/C18H26N4O3S/c1-11(2)15-8-13(14-9-19-22(12(3)4)16(14)20-15)17(23)21-18(5)6-7-26(24,25)10-18/h8-9,11-12H,6-7,10H2,1-5H3,(H,21,23). The van der Waals surface area contributed by atoms with Crippen LogP contribution < -0.4 is 5.32 Å². The van der Waals surface area contributed by atoms with E-state index in [9.17, 15) is 13.2 Å². The number of sulfone groups is 1. The Hall–Kier alpha value is -1.96. The van der Waals surface area contributed by atoms with Crippen LogP contribution in [0.1, 0.15) is 69.1 Å². The molecular formula is C18H26N4O3S. The van der Waals surface area contributed by atoms with Gasteiger partial charge in [0.15, 0.2) is 15.5 Å². The third-order valence-corrected chi connectivity index (χ3v) is 6.73. The number of carbonyl (C=O) groups is 1. The molecule has 1 N–H and O–H groups in total. The van der Waals surface area contributed by atoms with Gasteiger partial charge in [0.25, 0.3) is 5.91 Å². The molecule has 0 aliphatic carbocycles. The highest BCUT2D eigenvalue weighted by Crippen LogP contribution is 2.27. The van der Waals surface area contributed by atoms with Crippen molar-refractivity contribution in [2.75, 3.05) is 11.5 Å². The maximum Gasteiger partial charge on any atom is 0.252 e. The van der Waals surface area contributed by atoms with Gasteiger partial charge in [0, 0.05) is 11.7 Å². The number of hydrogen-bond donors (Lipinski definition) is 1. The van der Waals surface area contributed by atoms with E-state index in [0.717, 1.165) is 5.69 Å². The monoisotopic (exact) mass is 378 g/mol. The quantitative estimate of drug-likeness (QED) is 0.882. The van der Waals surface area contributed by atoms with Crippen LogP contribution in [0.25, 0.3) is 11.0 Å². The summed E-state index contributed by atoms with van der Waals surface area (Å²) in [5.41, 5.74) is 1.25. The highest BCUT2D eigenvalue weighted by Gasteiger charge is 2.40. The molecule has 1 atom stereocenters. The Morgan fingerprint density at radius 1 is 1.31 bits per heavy atom. The number of pyridine rings is 1. The average Bonchev–Trinajstić information content (AvgIpc) is 3.06. The number of rotatable bonds is 4. The molecule has 1 aliphatic heterocycles. The first-order valence-corrected chi connectivity index (χ1v) is 10.7. The van der Waals surface area contributed by atoms with E-state index >= 15 is 0 Å². The minimum absolute atomic E-state index is 0.0255. The van der Waals surface area contributed by atoms with Crippen LogP contribution in [0.3, 0.4) is 0 Å². The zero-order chi connectivity index (χ0) is 19.3. The number of fused-ring (bicyclic) bond motifs is 1. The van der Waals surface area contributed by atoms with Gasteiger partial charge in [0.1, 0.15) is 0 Å². The van der Waals surface area contributed by atoms with Crippen molar-refractivity contribution in [1.29, 1.82) is 0 Å². The van der Waals surface area contributed by atoms with Crippen LogP contribution in [-0.4, -0.2) is 46.1 Å². The molecule has 0 radical (unpaired) electrons. The normalized spacial score (nSPS) is 22.4. The number of aromatic nitrogens is 3. The molecule has 1 saturated heterocycles. The maximum absolute atomic E-state index is 13.0. The Morgan fingerprint density at radius 2 is 2.00 bits per heavy atom. The molecule has 0 bridgehead atoms. The Balaban J connectivity index is 2.05. The van der Waals surface area contributed by atoms with Crippen molar-refractivity contribution < 1.29 is 13.2 Å². The molecule has 0 aromatic carbocycles. The van der Waals surface area contributed by atoms with Crippen molar-refractivity contribution in [2.24, 2.45) is 0 Å². The molecule has 142 valence electrons. The van der Waals surface area contributed by atoms with Crippen molar-refractivity contribution >= 4 is 26.8 Å². The van der Waals surface area contributed by atoms with Gasteiger partial charge in [-0.25, -0.2) is 18.1 Å². The van der Waals surface area contributed by atoms with Crippen LogP contribution in [-0.2, 0) is 9.84 Å². The minimum Gasteiger partial charge on any atom is -0.346 e. The van der Waals surface area contributed by atoms with Gasteiger partial charge in [-0.3, -0.25) is 4.79 Å². The van der Waals surface area contributed by atoms with E-state index in [1.54, 1.807) is 23.9 Å². The summed E-state index contributed by atoms with van der Waals surface area (Å²) in [6, 6.07) is 1.91. The van der Waals surface area contributed by atoms with Gasteiger partial charge in [-0.1, -0.05) is 13.8 Å². The first kappa shape index (κ1) is 18.8. The molecule has 0 spiro atoms. The summed E-state index contributed by atoms with van der Waals surface area (Å²) in [6.45, 7) is 9.86. The lowest BCUT2D eigenvalue weighted by molar-refractivity contribution is 0.0917. The summed E-state index contributed by atoms with van der Waals surface area (Å²) in [5, 5.41) is 8.02. The molecule has 7 nitrogen and oxygen atoms in total. The summed E-state index contributed by atoms with van der Waals surface area (Å²) < 4.78 is 25.5. The van der Waals surface area contributed by atoms with Crippen LogP contribution >= 0.6 is 0 Å². The summed E-state index contributed by atoms with van der Waals surface area (Å²) in [7, 11) is -3.10. The SMILES string of the molecule is CC(C)c1cc(C(=O)NC2(C)CCS(=O)(=O)C2)c2cnn(C(C)C)c2n1. The van der Waals surface area contributed by atoms with E-state index in [2.05, 4.69) is 10.4 Å². The third-order valence-electron chi connectivity index (χ3n) is 4.83. The zero-order valence-electron chi connectivity index (χ0n) is 15.9. The van der Waals surface area contributed by atoms with Crippen molar-refractivity contribution in [3.05, 3.63) is 23.5 Å². The number of nitrogens with zero attached hydrogens (tertiary/aromatic N) is 3. The number of nitrogens with one attached hydrogen (secondary N) is 1. The minimum atomic E-state index is -3.10. The smallest absolute Gasteiger partial charge is 0.252 e. The molecule has 8 heteroatoms. The highest BCUT2D eigenvalue weighted by molar-refractivity contribution is 7.91. The third kappa shape index (κ3) is 3.47. The number of amides is 1. The van der Waals surface area contributed by atoms with Crippen LogP contribution in [0.5, 0.6) is 0 Å². The molecule has 2 aromatic heterocycles. The molecule has 1 amide bonds. The van der Waals surface area contributed by atoms with Gasteiger partial charge in [0.2, 0.25) is 0 Å². The Labute approximate surface area is 154 Å². The molecule has 3 rings (SSSR count).